The molecule has 0 aromatic heterocycles. The van der Waals surface area contributed by atoms with Crippen LogP contribution in [0, 0.1) is 0 Å². The van der Waals surface area contributed by atoms with Crippen molar-refractivity contribution in [2.75, 3.05) is 36.0 Å². The van der Waals surface area contributed by atoms with Crippen LogP contribution in [0.3, 0.4) is 0 Å². The average Bonchev–Trinajstić information content (AvgIpc) is 3.14. The molecule has 0 spiro atoms. The summed E-state index contributed by atoms with van der Waals surface area (Å²) in [5, 5.41) is 2.98. The van der Waals surface area contributed by atoms with Crippen molar-refractivity contribution in [3.05, 3.63) is 60.2 Å². The number of anilines is 2. The molecule has 0 saturated carbocycles. The molecule has 0 unspecified atom stereocenters. The molecule has 2 aromatic carbocycles. The number of hydrogen-bond acceptors (Lipinski definition) is 3. The highest BCUT2D eigenvalue weighted by molar-refractivity contribution is 5.97. The topological polar surface area (TPSA) is 52.7 Å². The highest BCUT2D eigenvalue weighted by atomic mass is 16.2. The van der Waals surface area contributed by atoms with E-state index in [2.05, 4.69) is 29.3 Å². The normalized spacial score (nSPS) is 13.7. The van der Waals surface area contributed by atoms with E-state index in [1.807, 2.05) is 30.3 Å². The van der Waals surface area contributed by atoms with E-state index >= 15 is 0 Å². The largest absolute Gasteiger partial charge is 0.372 e. The molecule has 0 radical (unpaired) electrons. The molecular weight excluding hydrogens is 338 g/mol. The second-order valence-corrected chi connectivity index (χ2v) is 6.72. The van der Waals surface area contributed by atoms with E-state index in [9.17, 15) is 9.59 Å². The Kier molecular flexibility index (Phi) is 6.47. The summed E-state index contributed by atoms with van der Waals surface area (Å²) >= 11 is 0. The molecular formula is C22H27N3O2. The van der Waals surface area contributed by atoms with Crippen LogP contribution in [0.2, 0.25) is 0 Å². The van der Waals surface area contributed by atoms with Gasteiger partial charge in [-0.15, -0.1) is 0 Å². The number of benzene rings is 2. The van der Waals surface area contributed by atoms with Crippen molar-refractivity contribution in [3.63, 3.8) is 0 Å². The van der Waals surface area contributed by atoms with Gasteiger partial charge in [-0.1, -0.05) is 18.2 Å². The zero-order chi connectivity index (χ0) is 19.1. The van der Waals surface area contributed by atoms with Gasteiger partial charge in [0.2, 0.25) is 5.91 Å². The van der Waals surface area contributed by atoms with Gasteiger partial charge in [0.25, 0.3) is 5.91 Å². The number of para-hydroxylation sites is 1. The minimum atomic E-state index is -0.0722. The van der Waals surface area contributed by atoms with Gasteiger partial charge in [-0.05, 0) is 56.2 Å². The zero-order valence-electron chi connectivity index (χ0n) is 15.9. The number of hydrogen-bond donors (Lipinski definition) is 1. The minimum Gasteiger partial charge on any atom is -0.372 e. The molecule has 5 nitrogen and oxygen atoms in total. The third-order valence-corrected chi connectivity index (χ3v) is 4.91. The van der Waals surface area contributed by atoms with Gasteiger partial charge in [-0.2, -0.15) is 0 Å². The summed E-state index contributed by atoms with van der Waals surface area (Å²) in [5.74, 6) is 0.0863. The van der Waals surface area contributed by atoms with E-state index in [0.717, 1.165) is 38.2 Å². The Bertz CT molecular complexity index is 759. The van der Waals surface area contributed by atoms with E-state index in [1.54, 1.807) is 17.0 Å². The van der Waals surface area contributed by atoms with E-state index in [-0.39, 0.29) is 11.8 Å². The first-order valence-corrected chi connectivity index (χ1v) is 9.67. The summed E-state index contributed by atoms with van der Waals surface area (Å²) in [6.45, 7) is 5.37. The molecule has 1 N–H and O–H groups in total. The maximum absolute atomic E-state index is 12.3. The third-order valence-electron chi connectivity index (χ3n) is 4.91. The van der Waals surface area contributed by atoms with Crippen LogP contribution in [0.25, 0.3) is 0 Å². The van der Waals surface area contributed by atoms with Gasteiger partial charge in [-0.25, -0.2) is 0 Å². The highest BCUT2D eigenvalue weighted by Gasteiger charge is 2.21. The lowest BCUT2D eigenvalue weighted by Crippen LogP contribution is -2.30. The Labute approximate surface area is 161 Å². The second kappa shape index (κ2) is 9.21. The predicted octanol–water partition coefficient (Wildman–Crippen LogP) is 3.46. The van der Waals surface area contributed by atoms with Crippen LogP contribution < -0.4 is 15.1 Å². The highest BCUT2D eigenvalue weighted by Crippen LogP contribution is 2.21. The van der Waals surface area contributed by atoms with Crippen molar-refractivity contribution in [3.8, 4) is 0 Å². The number of carbonyl (C=O) groups is 2. The van der Waals surface area contributed by atoms with E-state index in [0.29, 0.717) is 18.5 Å². The lowest BCUT2D eigenvalue weighted by molar-refractivity contribution is -0.117. The Morgan fingerprint density at radius 3 is 2.48 bits per heavy atom. The summed E-state index contributed by atoms with van der Waals surface area (Å²) in [6, 6.07) is 17.6. The molecule has 1 fully saturated rings. The first-order chi connectivity index (χ1) is 13.2. The fraction of sp³-hybridized carbons (Fsp3) is 0.364. The number of amides is 2. The van der Waals surface area contributed by atoms with Gasteiger partial charge in [0, 0.05) is 49.5 Å². The molecule has 0 aliphatic carbocycles. The maximum atomic E-state index is 12.3. The van der Waals surface area contributed by atoms with E-state index in [1.165, 1.54) is 5.69 Å². The summed E-state index contributed by atoms with van der Waals surface area (Å²) in [5.41, 5.74) is 2.70. The lowest BCUT2D eigenvalue weighted by atomic mass is 10.2. The molecule has 27 heavy (non-hydrogen) atoms. The molecule has 1 aliphatic rings. The molecule has 5 heteroatoms. The van der Waals surface area contributed by atoms with E-state index < -0.39 is 0 Å². The molecule has 142 valence electrons. The number of nitrogens with one attached hydrogen (secondary N) is 1. The van der Waals surface area contributed by atoms with Crippen LogP contribution >= 0.6 is 0 Å². The van der Waals surface area contributed by atoms with Crippen molar-refractivity contribution in [1.82, 2.24) is 5.32 Å². The van der Waals surface area contributed by atoms with Crippen molar-refractivity contribution in [1.29, 1.82) is 0 Å². The molecule has 2 aromatic rings. The monoisotopic (exact) mass is 365 g/mol. The molecule has 0 bridgehead atoms. The zero-order valence-corrected chi connectivity index (χ0v) is 15.9. The van der Waals surface area contributed by atoms with Gasteiger partial charge in [0.05, 0.1) is 0 Å². The Morgan fingerprint density at radius 2 is 1.85 bits per heavy atom. The minimum absolute atomic E-state index is 0.0722. The molecule has 1 aliphatic heterocycles. The lowest BCUT2D eigenvalue weighted by Gasteiger charge is -2.23. The molecule has 3 rings (SSSR count). The van der Waals surface area contributed by atoms with Crippen LogP contribution in [0.4, 0.5) is 11.4 Å². The summed E-state index contributed by atoms with van der Waals surface area (Å²) in [4.78, 5) is 28.2. The second-order valence-electron chi connectivity index (χ2n) is 6.72. The Balaban J connectivity index is 1.46. The third kappa shape index (κ3) is 4.88. The SMILES string of the molecule is CCN(CCCNC(=O)c1ccc(N2CCCC2=O)cc1)c1ccccc1. The first kappa shape index (κ1) is 19.0. The van der Waals surface area contributed by atoms with Crippen LogP contribution in [0.1, 0.15) is 36.5 Å². The quantitative estimate of drug-likeness (QED) is 0.729. The Hall–Kier alpha value is -2.82. The maximum Gasteiger partial charge on any atom is 0.251 e. The smallest absolute Gasteiger partial charge is 0.251 e. The fourth-order valence-electron chi connectivity index (χ4n) is 3.40. The van der Waals surface area contributed by atoms with Gasteiger partial charge in [0.15, 0.2) is 0 Å². The van der Waals surface area contributed by atoms with Gasteiger partial charge in [-0.3, -0.25) is 9.59 Å². The molecule has 0 atom stereocenters. The predicted molar refractivity (Wildman–Crippen MR) is 109 cm³/mol. The number of carbonyl (C=O) groups excluding carboxylic acids is 2. The summed E-state index contributed by atoms with van der Waals surface area (Å²) in [7, 11) is 0. The summed E-state index contributed by atoms with van der Waals surface area (Å²) < 4.78 is 0. The van der Waals surface area contributed by atoms with Crippen LogP contribution in [-0.2, 0) is 4.79 Å². The van der Waals surface area contributed by atoms with Crippen molar-refractivity contribution in [2.24, 2.45) is 0 Å². The number of rotatable bonds is 8. The molecule has 2 amide bonds. The molecule has 1 saturated heterocycles. The first-order valence-electron chi connectivity index (χ1n) is 9.67. The Morgan fingerprint density at radius 1 is 1.11 bits per heavy atom. The van der Waals surface area contributed by atoms with Gasteiger partial charge in [0.1, 0.15) is 0 Å². The van der Waals surface area contributed by atoms with Gasteiger partial charge >= 0.3 is 0 Å². The van der Waals surface area contributed by atoms with Crippen LogP contribution in [0.5, 0.6) is 0 Å². The van der Waals surface area contributed by atoms with Gasteiger partial charge < -0.3 is 15.1 Å². The summed E-state index contributed by atoms with van der Waals surface area (Å²) in [6.07, 6.45) is 2.40. The van der Waals surface area contributed by atoms with Crippen molar-refractivity contribution in [2.45, 2.75) is 26.2 Å². The van der Waals surface area contributed by atoms with Crippen LogP contribution in [-0.4, -0.2) is 38.0 Å². The van der Waals surface area contributed by atoms with Crippen molar-refractivity contribution < 1.29 is 9.59 Å². The number of nitrogens with zero attached hydrogens (tertiary/aromatic N) is 2. The standard InChI is InChI=1S/C22H27N3O2/c1-2-24(19-8-4-3-5-9-19)16-7-15-23-22(27)18-11-13-20(14-12-18)25-17-6-10-21(25)26/h3-5,8-9,11-14H,2,6-7,10,15-17H2,1H3,(H,23,27). The fourth-order valence-corrected chi connectivity index (χ4v) is 3.40. The molecule has 1 heterocycles. The average molecular weight is 365 g/mol. The van der Waals surface area contributed by atoms with E-state index in [4.69, 9.17) is 0 Å². The van der Waals surface area contributed by atoms with Crippen LogP contribution in [0.15, 0.2) is 54.6 Å². The van der Waals surface area contributed by atoms with Crippen molar-refractivity contribution >= 4 is 23.2 Å².